The quantitative estimate of drug-likeness (QED) is 0.744. The molecule has 6 nitrogen and oxygen atoms in total. The number of morpholine rings is 1. The number of anilines is 2. The largest absolute Gasteiger partial charge is 0.371 e. The first kappa shape index (κ1) is 17.4. The van der Waals surface area contributed by atoms with E-state index in [9.17, 15) is 9.18 Å². The van der Waals surface area contributed by atoms with Gasteiger partial charge in [-0.25, -0.2) is 4.39 Å². The highest BCUT2D eigenvalue weighted by atomic mass is 19.1. The lowest BCUT2D eigenvalue weighted by atomic mass is 10.1. The van der Waals surface area contributed by atoms with Gasteiger partial charge in [0, 0.05) is 30.7 Å². The summed E-state index contributed by atoms with van der Waals surface area (Å²) in [4.78, 5) is 14.5. The number of hydrogen-bond donors (Lipinski definition) is 2. The van der Waals surface area contributed by atoms with Crippen LogP contribution in [0.5, 0.6) is 0 Å². The van der Waals surface area contributed by atoms with Gasteiger partial charge in [0.1, 0.15) is 11.5 Å². The van der Waals surface area contributed by atoms with Crippen LogP contribution in [0.2, 0.25) is 0 Å². The Morgan fingerprint density at radius 1 is 1.07 bits per heavy atom. The number of aromatic amines is 1. The van der Waals surface area contributed by atoms with Gasteiger partial charge in [0.2, 0.25) is 0 Å². The van der Waals surface area contributed by atoms with Gasteiger partial charge in [0.15, 0.2) is 0 Å². The smallest absolute Gasteiger partial charge is 0.280 e. The van der Waals surface area contributed by atoms with Gasteiger partial charge in [0.05, 0.1) is 12.7 Å². The van der Waals surface area contributed by atoms with Gasteiger partial charge in [0.25, 0.3) is 5.91 Å². The lowest BCUT2D eigenvalue weighted by Gasteiger charge is -2.26. The third-order valence-electron chi connectivity index (χ3n) is 4.47. The molecule has 1 aromatic heterocycles. The predicted octanol–water partition coefficient (Wildman–Crippen LogP) is 3.19. The van der Waals surface area contributed by atoms with Crippen molar-refractivity contribution < 1.29 is 13.9 Å². The summed E-state index contributed by atoms with van der Waals surface area (Å²) >= 11 is 0. The average Bonchev–Trinajstić information content (AvgIpc) is 3.26. The van der Waals surface area contributed by atoms with Crippen LogP contribution in [0.1, 0.15) is 22.2 Å². The number of H-pyrrole nitrogens is 1. The summed E-state index contributed by atoms with van der Waals surface area (Å²) in [5.74, 6) is -0.632. The van der Waals surface area contributed by atoms with Gasteiger partial charge in [-0.3, -0.25) is 14.8 Å². The molecule has 27 heavy (non-hydrogen) atoms. The summed E-state index contributed by atoms with van der Waals surface area (Å²) in [5, 5.41) is 9.84. The molecule has 1 aliphatic rings. The second-order valence-corrected chi connectivity index (χ2v) is 6.24. The fourth-order valence-corrected chi connectivity index (χ4v) is 3.09. The van der Waals surface area contributed by atoms with E-state index >= 15 is 0 Å². The predicted molar refractivity (Wildman–Crippen MR) is 99.5 cm³/mol. The monoisotopic (exact) mass is 366 g/mol. The fraction of sp³-hybridized carbons (Fsp3) is 0.200. The number of aromatic nitrogens is 2. The molecule has 0 aliphatic carbocycles. The molecule has 0 radical (unpaired) electrons. The molecule has 1 fully saturated rings. The summed E-state index contributed by atoms with van der Waals surface area (Å²) in [6.07, 6.45) is 1.52. The third-order valence-corrected chi connectivity index (χ3v) is 4.47. The maximum atomic E-state index is 13.3. The number of rotatable bonds is 4. The van der Waals surface area contributed by atoms with E-state index in [1.54, 1.807) is 18.2 Å². The Balaban J connectivity index is 1.67. The first-order valence-corrected chi connectivity index (χ1v) is 8.74. The van der Waals surface area contributed by atoms with Crippen LogP contribution in [0, 0.1) is 5.82 Å². The van der Waals surface area contributed by atoms with Crippen molar-refractivity contribution in [2.75, 3.05) is 24.6 Å². The van der Waals surface area contributed by atoms with E-state index in [1.807, 2.05) is 24.3 Å². The standard InChI is InChI=1S/C20H19FN4O2/c21-15-3-7-17(8-4-15)25(20(26)18-9-10-23-24-18)16-5-1-14(2-6-16)19-13-22-11-12-27-19/h1-10,19,22H,11-13H2,(H,23,24)/t19-/m1/s1. The minimum Gasteiger partial charge on any atom is -0.371 e. The molecule has 3 aromatic rings. The minimum absolute atomic E-state index is 0.00428. The second-order valence-electron chi connectivity index (χ2n) is 6.24. The number of carbonyl (C=O) groups excluding carboxylic acids is 1. The summed E-state index contributed by atoms with van der Waals surface area (Å²) < 4.78 is 19.1. The third kappa shape index (κ3) is 3.74. The molecule has 7 heteroatoms. The van der Waals surface area contributed by atoms with Gasteiger partial charge >= 0.3 is 0 Å². The zero-order valence-electron chi connectivity index (χ0n) is 14.6. The van der Waals surface area contributed by atoms with Crippen LogP contribution in [-0.4, -0.2) is 35.8 Å². The topological polar surface area (TPSA) is 70.2 Å². The summed E-state index contributed by atoms with van der Waals surface area (Å²) in [6.45, 7) is 2.28. The second kappa shape index (κ2) is 7.69. The Bertz CT molecular complexity index is 889. The molecule has 138 valence electrons. The fourth-order valence-electron chi connectivity index (χ4n) is 3.09. The molecule has 1 amide bonds. The number of benzene rings is 2. The van der Waals surface area contributed by atoms with Crippen LogP contribution < -0.4 is 10.2 Å². The minimum atomic E-state index is -0.356. The zero-order chi connectivity index (χ0) is 18.6. The highest BCUT2D eigenvalue weighted by Gasteiger charge is 2.22. The molecule has 1 aliphatic heterocycles. The van der Waals surface area contributed by atoms with Gasteiger partial charge in [-0.15, -0.1) is 0 Å². The molecular weight excluding hydrogens is 347 g/mol. The number of carbonyl (C=O) groups is 1. The number of hydrogen-bond acceptors (Lipinski definition) is 4. The molecule has 2 heterocycles. The molecule has 0 bridgehead atoms. The van der Waals surface area contributed by atoms with Crippen LogP contribution in [0.15, 0.2) is 60.8 Å². The molecule has 1 saturated heterocycles. The van der Waals surface area contributed by atoms with Crippen LogP contribution in [0.4, 0.5) is 15.8 Å². The Labute approximate surface area is 156 Å². The Morgan fingerprint density at radius 3 is 2.37 bits per heavy atom. The van der Waals surface area contributed by atoms with E-state index in [4.69, 9.17) is 4.74 Å². The lowest BCUT2D eigenvalue weighted by molar-refractivity contribution is 0.0277. The van der Waals surface area contributed by atoms with Gasteiger partial charge in [-0.1, -0.05) is 12.1 Å². The van der Waals surface area contributed by atoms with Crippen molar-refractivity contribution in [3.8, 4) is 0 Å². The molecule has 1 atom stereocenters. The van der Waals surface area contributed by atoms with E-state index in [2.05, 4.69) is 15.5 Å². The number of halogens is 1. The van der Waals surface area contributed by atoms with E-state index in [1.165, 1.54) is 23.2 Å². The first-order valence-electron chi connectivity index (χ1n) is 8.74. The van der Waals surface area contributed by atoms with Crippen LogP contribution in [0.3, 0.4) is 0 Å². The average molecular weight is 366 g/mol. The number of amides is 1. The molecule has 2 aromatic carbocycles. The highest BCUT2D eigenvalue weighted by molar-refractivity contribution is 6.09. The SMILES string of the molecule is O=C(c1ccn[nH]1)N(c1ccc(F)cc1)c1ccc([C@H]2CNCCO2)cc1. The highest BCUT2D eigenvalue weighted by Crippen LogP contribution is 2.29. The normalized spacial score (nSPS) is 16.9. The van der Waals surface area contributed by atoms with Gasteiger partial charge in [-0.05, 0) is 48.0 Å². The van der Waals surface area contributed by atoms with E-state index in [0.29, 0.717) is 23.7 Å². The maximum Gasteiger partial charge on any atom is 0.280 e. The van der Waals surface area contributed by atoms with Crippen LogP contribution in [0.25, 0.3) is 0 Å². The van der Waals surface area contributed by atoms with Gasteiger partial charge < -0.3 is 10.1 Å². The number of nitrogens with one attached hydrogen (secondary N) is 2. The van der Waals surface area contributed by atoms with E-state index in [0.717, 1.165) is 18.7 Å². The Kier molecular flexibility index (Phi) is 4.95. The Hall–Kier alpha value is -3.03. The van der Waals surface area contributed by atoms with Crippen LogP contribution >= 0.6 is 0 Å². The summed E-state index contributed by atoms with van der Waals surface area (Å²) in [6, 6.07) is 15.0. The van der Waals surface area contributed by atoms with Gasteiger partial charge in [-0.2, -0.15) is 5.10 Å². The van der Waals surface area contributed by atoms with Crippen molar-refractivity contribution in [3.63, 3.8) is 0 Å². The van der Waals surface area contributed by atoms with E-state index in [-0.39, 0.29) is 17.8 Å². The molecule has 0 saturated carbocycles. The molecular formula is C20H19FN4O2. The van der Waals surface area contributed by atoms with Crippen molar-refractivity contribution >= 4 is 17.3 Å². The van der Waals surface area contributed by atoms with Crippen molar-refractivity contribution in [3.05, 3.63) is 77.9 Å². The summed E-state index contributed by atoms with van der Waals surface area (Å²) in [5.41, 5.74) is 2.63. The van der Waals surface area contributed by atoms with Crippen molar-refractivity contribution in [2.24, 2.45) is 0 Å². The van der Waals surface area contributed by atoms with Crippen LogP contribution in [-0.2, 0) is 4.74 Å². The first-order chi connectivity index (χ1) is 13.2. The Morgan fingerprint density at radius 2 is 1.78 bits per heavy atom. The molecule has 0 unspecified atom stereocenters. The molecule has 4 rings (SSSR count). The van der Waals surface area contributed by atoms with Crippen molar-refractivity contribution in [2.45, 2.75) is 6.10 Å². The van der Waals surface area contributed by atoms with Crippen molar-refractivity contribution in [1.29, 1.82) is 0 Å². The molecule has 2 N–H and O–H groups in total. The van der Waals surface area contributed by atoms with E-state index < -0.39 is 0 Å². The number of ether oxygens (including phenoxy) is 1. The van der Waals surface area contributed by atoms with Crippen molar-refractivity contribution in [1.82, 2.24) is 15.5 Å². The lowest BCUT2D eigenvalue weighted by Crippen LogP contribution is -2.33. The summed E-state index contributed by atoms with van der Waals surface area (Å²) in [7, 11) is 0. The molecule has 0 spiro atoms. The number of nitrogens with zero attached hydrogens (tertiary/aromatic N) is 2. The maximum absolute atomic E-state index is 13.3. The zero-order valence-corrected chi connectivity index (χ0v) is 14.6.